The number of carbonyl (C=O) groups is 2. The predicted octanol–water partition coefficient (Wildman–Crippen LogP) is 4.98. The molecule has 1 fully saturated rings. The molecule has 1 unspecified atom stereocenters. The van der Waals surface area contributed by atoms with Gasteiger partial charge in [-0.1, -0.05) is 28.1 Å². The van der Waals surface area contributed by atoms with Crippen LogP contribution in [-0.4, -0.2) is 73.9 Å². The fourth-order valence-electron chi connectivity index (χ4n) is 5.68. The molecule has 0 radical (unpaired) electrons. The van der Waals surface area contributed by atoms with Crippen LogP contribution in [0.5, 0.6) is 5.75 Å². The van der Waals surface area contributed by atoms with E-state index in [0.29, 0.717) is 36.6 Å². The zero-order valence-corrected chi connectivity index (χ0v) is 23.8. The van der Waals surface area contributed by atoms with Gasteiger partial charge in [0.05, 0.1) is 34.9 Å². The van der Waals surface area contributed by atoms with Gasteiger partial charge in [0, 0.05) is 43.0 Å². The molecule has 2 N–H and O–H groups in total. The summed E-state index contributed by atoms with van der Waals surface area (Å²) >= 11 is 3.46. The number of hydrogen-bond donors (Lipinski definition) is 2. The van der Waals surface area contributed by atoms with Gasteiger partial charge in [-0.25, -0.2) is 14.2 Å². The number of aromatic nitrogens is 3. The van der Waals surface area contributed by atoms with Gasteiger partial charge in [-0.3, -0.25) is 4.79 Å². The van der Waals surface area contributed by atoms with Crippen LogP contribution in [-0.2, 0) is 20.0 Å². The van der Waals surface area contributed by atoms with E-state index in [2.05, 4.69) is 42.5 Å². The highest BCUT2D eigenvalue weighted by Crippen LogP contribution is 2.39. The normalized spacial score (nSPS) is 16.0. The van der Waals surface area contributed by atoms with E-state index < -0.39 is 18.8 Å². The van der Waals surface area contributed by atoms with Crippen LogP contribution in [0.1, 0.15) is 28.8 Å². The van der Waals surface area contributed by atoms with Crippen LogP contribution in [0.25, 0.3) is 33.5 Å². The second-order valence-corrected chi connectivity index (χ2v) is 11.4. The molecule has 6 rings (SSSR count). The van der Waals surface area contributed by atoms with E-state index in [9.17, 15) is 14.0 Å². The highest BCUT2D eigenvalue weighted by Gasteiger charge is 2.30. The van der Waals surface area contributed by atoms with Crippen molar-refractivity contribution in [2.75, 3.05) is 31.7 Å². The quantitative estimate of drug-likeness (QED) is 0.246. The Balaban J connectivity index is 1.40. The number of benzene rings is 2. The lowest BCUT2D eigenvalue weighted by Gasteiger charge is -2.31. The summed E-state index contributed by atoms with van der Waals surface area (Å²) in [4.78, 5) is 30.9. The van der Waals surface area contributed by atoms with E-state index >= 15 is 0 Å². The first-order valence-electron chi connectivity index (χ1n) is 13.5. The van der Waals surface area contributed by atoms with Crippen LogP contribution in [0.3, 0.4) is 0 Å². The van der Waals surface area contributed by atoms with Gasteiger partial charge >= 0.3 is 6.09 Å². The maximum absolute atomic E-state index is 13.4. The third kappa shape index (κ3) is 4.91. The van der Waals surface area contributed by atoms with Crippen molar-refractivity contribution < 1.29 is 23.8 Å². The molecule has 3 heterocycles. The average Bonchev–Trinajstić information content (AvgIpc) is 3.61. The van der Waals surface area contributed by atoms with Crippen molar-refractivity contribution >= 4 is 49.9 Å². The Hall–Kier alpha value is -3.60. The molecule has 1 aliphatic carbocycles. The van der Waals surface area contributed by atoms with Crippen molar-refractivity contribution in [3.8, 4) is 17.3 Å². The van der Waals surface area contributed by atoms with Gasteiger partial charge in [-0.15, -0.1) is 0 Å². The fraction of sp³-hybridized carbons (Fsp3) is 0.414. The topological polar surface area (TPSA) is 102 Å². The number of nitrogens with zero attached hydrogens (tertiary/aromatic N) is 4. The molecule has 0 spiro atoms. The fourth-order valence-corrected chi connectivity index (χ4v) is 5.84. The highest BCUT2D eigenvalue weighted by molar-refractivity contribution is 9.09. The SMILES string of the molecule is Cn1c(-c2cc3cccc(OCCBr)c3n2CC2CC2)nc2cc3c(cc21)CCN(CC(CF)NC(=O)O)C3=O. The maximum atomic E-state index is 13.4. The van der Waals surface area contributed by atoms with E-state index in [0.717, 1.165) is 51.1 Å². The van der Waals surface area contributed by atoms with Gasteiger partial charge < -0.3 is 29.2 Å². The van der Waals surface area contributed by atoms with E-state index in [1.807, 2.05) is 31.3 Å². The molecular weight excluding hydrogens is 581 g/mol. The third-order valence-electron chi connectivity index (χ3n) is 7.81. The number of ether oxygens (including phenoxy) is 1. The Morgan fingerprint density at radius 3 is 2.85 bits per heavy atom. The smallest absolute Gasteiger partial charge is 0.405 e. The Morgan fingerprint density at radius 2 is 2.12 bits per heavy atom. The van der Waals surface area contributed by atoms with Gasteiger partial charge in [0.2, 0.25) is 0 Å². The van der Waals surface area contributed by atoms with Crippen LogP contribution < -0.4 is 10.1 Å². The summed E-state index contributed by atoms with van der Waals surface area (Å²) in [6.07, 6.45) is 1.71. The number of amides is 2. The summed E-state index contributed by atoms with van der Waals surface area (Å²) in [6.45, 7) is 0.953. The van der Waals surface area contributed by atoms with Gasteiger partial charge in [-0.2, -0.15) is 0 Å². The number of carboxylic acid groups (broad SMARTS) is 1. The molecule has 2 amide bonds. The summed E-state index contributed by atoms with van der Waals surface area (Å²) in [5.74, 6) is 2.06. The number of hydrogen-bond acceptors (Lipinski definition) is 4. The summed E-state index contributed by atoms with van der Waals surface area (Å²) in [5.41, 5.74) is 5.15. The Kier molecular flexibility index (Phi) is 7.16. The lowest BCUT2D eigenvalue weighted by molar-refractivity contribution is 0.0714. The van der Waals surface area contributed by atoms with Crippen LogP contribution in [0, 0.1) is 5.92 Å². The summed E-state index contributed by atoms with van der Waals surface area (Å²) < 4.78 is 23.9. The monoisotopic (exact) mass is 611 g/mol. The number of halogens is 2. The minimum Gasteiger partial charge on any atom is -0.491 e. The van der Waals surface area contributed by atoms with Crippen molar-refractivity contribution in [3.05, 3.63) is 47.5 Å². The molecule has 2 aliphatic rings. The minimum atomic E-state index is -1.31. The average molecular weight is 613 g/mol. The molecule has 4 aromatic rings. The molecule has 1 atom stereocenters. The first kappa shape index (κ1) is 26.6. The van der Waals surface area contributed by atoms with Crippen LogP contribution in [0.15, 0.2) is 36.4 Å². The second-order valence-electron chi connectivity index (χ2n) is 10.6. The molecule has 1 saturated carbocycles. The van der Waals surface area contributed by atoms with E-state index in [-0.39, 0.29) is 12.5 Å². The second kappa shape index (κ2) is 10.8. The first-order chi connectivity index (χ1) is 19.4. The maximum Gasteiger partial charge on any atom is 0.405 e. The summed E-state index contributed by atoms with van der Waals surface area (Å²) in [6, 6.07) is 11.2. The van der Waals surface area contributed by atoms with E-state index in [1.165, 1.54) is 17.7 Å². The largest absolute Gasteiger partial charge is 0.491 e. The number of fused-ring (bicyclic) bond motifs is 3. The van der Waals surface area contributed by atoms with Crippen molar-refractivity contribution in [2.24, 2.45) is 13.0 Å². The number of nitrogens with one attached hydrogen (secondary N) is 1. The summed E-state index contributed by atoms with van der Waals surface area (Å²) in [5, 5.41) is 13.0. The molecule has 1 aliphatic heterocycles. The summed E-state index contributed by atoms with van der Waals surface area (Å²) in [7, 11) is 2.00. The van der Waals surface area contributed by atoms with Crippen molar-refractivity contribution in [3.63, 3.8) is 0 Å². The van der Waals surface area contributed by atoms with Crippen LogP contribution >= 0.6 is 15.9 Å². The lowest BCUT2D eigenvalue weighted by Crippen LogP contribution is -2.48. The molecule has 0 bridgehead atoms. The lowest BCUT2D eigenvalue weighted by atomic mass is 9.97. The minimum absolute atomic E-state index is 0.0205. The van der Waals surface area contributed by atoms with Gasteiger partial charge in [0.25, 0.3) is 5.91 Å². The third-order valence-corrected chi connectivity index (χ3v) is 8.14. The van der Waals surface area contributed by atoms with E-state index in [1.54, 1.807) is 0 Å². The molecule has 2 aromatic carbocycles. The number of alkyl halides is 2. The molecule has 11 heteroatoms. The molecule has 0 saturated heterocycles. The number of rotatable bonds is 10. The molecule has 9 nitrogen and oxygen atoms in total. The van der Waals surface area contributed by atoms with Gasteiger partial charge in [0.1, 0.15) is 12.4 Å². The number of aryl methyl sites for hydroxylation is 1. The number of para-hydroxylation sites is 1. The number of carbonyl (C=O) groups excluding carboxylic acids is 1. The van der Waals surface area contributed by atoms with Crippen molar-refractivity contribution in [1.82, 2.24) is 24.3 Å². The molecule has 2 aromatic heterocycles. The Labute approximate surface area is 239 Å². The molecular formula is C29H31BrFN5O4. The van der Waals surface area contributed by atoms with Gasteiger partial charge in [-0.05, 0) is 55.0 Å². The first-order valence-corrected chi connectivity index (χ1v) is 14.7. The molecule has 40 heavy (non-hydrogen) atoms. The van der Waals surface area contributed by atoms with Crippen molar-refractivity contribution in [2.45, 2.75) is 31.8 Å². The van der Waals surface area contributed by atoms with Crippen LogP contribution in [0.2, 0.25) is 0 Å². The van der Waals surface area contributed by atoms with Gasteiger partial charge in [0.15, 0.2) is 5.82 Å². The standard InChI is InChI=1S/C29H31BrFN5O4/c1-34-23-11-18-7-9-35(16-20(14-31)32-29(38)39)28(37)21(18)13-22(23)33-27(34)24-12-19-3-2-4-25(40-10-8-30)26(19)36(24)15-17-5-6-17/h2-4,11-13,17,20,32H,5-10,14-16H2,1H3,(H,38,39). The zero-order valence-electron chi connectivity index (χ0n) is 22.2. The molecule has 210 valence electrons. The van der Waals surface area contributed by atoms with Crippen molar-refractivity contribution in [1.29, 1.82) is 0 Å². The Morgan fingerprint density at radius 1 is 1.30 bits per heavy atom. The van der Waals surface area contributed by atoms with Crippen LogP contribution in [0.4, 0.5) is 9.18 Å². The number of imidazole rings is 1. The Bertz CT molecular complexity index is 1610. The van der Waals surface area contributed by atoms with E-state index in [4.69, 9.17) is 14.8 Å². The zero-order chi connectivity index (χ0) is 28.0. The predicted molar refractivity (Wildman–Crippen MR) is 154 cm³/mol. The highest BCUT2D eigenvalue weighted by atomic mass is 79.9.